The molecule has 0 amide bonds. The van der Waals surface area contributed by atoms with Crippen molar-refractivity contribution >= 4 is 35.6 Å². The molecule has 0 heterocycles. The molecule has 0 aliphatic carbocycles. The van der Waals surface area contributed by atoms with Gasteiger partial charge in [0.15, 0.2) is 5.96 Å². The number of aryl methyl sites for hydroxylation is 1. The SMILES string of the molecule is Cc1ccccc1OCCN=C(N)Nc1ccc(OC(F)(F)F)cc1.I. The fourth-order valence-corrected chi connectivity index (χ4v) is 1.97. The van der Waals surface area contributed by atoms with Gasteiger partial charge in [-0.25, -0.2) is 4.99 Å². The fraction of sp³-hybridized carbons (Fsp3) is 0.235. The molecule has 0 spiro atoms. The van der Waals surface area contributed by atoms with Gasteiger partial charge < -0.3 is 20.5 Å². The minimum absolute atomic E-state index is 0. The minimum atomic E-state index is -4.72. The number of rotatable bonds is 6. The Morgan fingerprint density at radius 3 is 2.38 bits per heavy atom. The van der Waals surface area contributed by atoms with Gasteiger partial charge in [-0.2, -0.15) is 0 Å². The van der Waals surface area contributed by atoms with Gasteiger partial charge in [0.1, 0.15) is 18.1 Å². The highest BCUT2D eigenvalue weighted by Crippen LogP contribution is 2.23. The summed E-state index contributed by atoms with van der Waals surface area (Å²) in [6.45, 7) is 2.63. The number of guanidine groups is 1. The summed E-state index contributed by atoms with van der Waals surface area (Å²) in [4.78, 5) is 4.09. The maximum absolute atomic E-state index is 12.1. The molecule has 3 N–H and O–H groups in total. The molecule has 142 valence electrons. The second-order valence-electron chi connectivity index (χ2n) is 5.08. The van der Waals surface area contributed by atoms with Crippen LogP contribution in [0.25, 0.3) is 0 Å². The molecule has 5 nitrogen and oxygen atoms in total. The van der Waals surface area contributed by atoms with Crippen molar-refractivity contribution in [2.45, 2.75) is 13.3 Å². The highest BCUT2D eigenvalue weighted by Gasteiger charge is 2.30. The smallest absolute Gasteiger partial charge is 0.491 e. The highest BCUT2D eigenvalue weighted by atomic mass is 127. The molecule has 0 aromatic heterocycles. The third-order valence-electron chi connectivity index (χ3n) is 3.08. The molecule has 0 radical (unpaired) electrons. The maximum atomic E-state index is 12.1. The van der Waals surface area contributed by atoms with Gasteiger partial charge in [0, 0.05) is 5.69 Å². The van der Waals surface area contributed by atoms with E-state index in [9.17, 15) is 13.2 Å². The second-order valence-corrected chi connectivity index (χ2v) is 5.08. The predicted molar refractivity (Wildman–Crippen MR) is 105 cm³/mol. The van der Waals surface area contributed by atoms with E-state index < -0.39 is 6.36 Å². The molecule has 26 heavy (non-hydrogen) atoms. The number of nitrogens with one attached hydrogen (secondary N) is 1. The Morgan fingerprint density at radius 1 is 1.12 bits per heavy atom. The molecule has 0 aliphatic heterocycles. The molecule has 9 heteroatoms. The summed E-state index contributed by atoms with van der Waals surface area (Å²) in [5.74, 6) is 0.613. The number of benzene rings is 2. The lowest BCUT2D eigenvalue weighted by Gasteiger charge is -2.10. The number of alkyl halides is 3. The van der Waals surface area contributed by atoms with E-state index in [1.807, 2.05) is 31.2 Å². The van der Waals surface area contributed by atoms with E-state index in [-0.39, 0.29) is 35.7 Å². The van der Waals surface area contributed by atoms with Gasteiger partial charge in [0.2, 0.25) is 0 Å². The van der Waals surface area contributed by atoms with E-state index in [4.69, 9.17) is 10.5 Å². The van der Waals surface area contributed by atoms with Gasteiger partial charge in [-0.3, -0.25) is 0 Å². The van der Waals surface area contributed by atoms with Gasteiger partial charge in [0.25, 0.3) is 0 Å². The molecule has 2 rings (SSSR count). The third-order valence-corrected chi connectivity index (χ3v) is 3.08. The minimum Gasteiger partial charge on any atom is -0.491 e. The van der Waals surface area contributed by atoms with Crippen molar-refractivity contribution < 1.29 is 22.6 Å². The van der Waals surface area contributed by atoms with Crippen LogP contribution >= 0.6 is 24.0 Å². The zero-order chi connectivity index (χ0) is 18.3. The summed E-state index contributed by atoms with van der Waals surface area (Å²) in [6, 6.07) is 12.8. The first-order valence-corrected chi connectivity index (χ1v) is 7.45. The van der Waals surface area contributed by atoms with Crippen LogP contribution in [0.4, 0.5) is 18.9 Å². The number of anilines is 1. The van der Waals surface area contributed by atoms with Crippen molar-refractivity contribution in [1.29, 1.82) is 0 Å². The van der Waals surface area contributed by atoms with Crippen molar-refractivity contribution in [3.05, 3.63) is 54.1 Å². The number of hydrogen-bond donors (Lipinski definition) is 2. The van der Waals surface area contributed by atoms with E-state index >= 15 is 0 Å². The quantitative estimate of drug-likeness (QED) is 0.279. The van der Waals surface area contributed by atoms with E-state index in [1.54, 1.807) is 0 Å². The fourth-order valence-electron chi connectivity index (χ4n) is 1.97. The van der Waals surface area contributed by atoms with Gasteiger partial charge in [-0.15, -0.1) is 37.1 Å². The molecule has 0 aliphatic rings. The molecule has 0 fully saturated rings. The van der Waals surface area contributed by atoms with E-state index in [1.165, 1.54) is 24.3 Å². The van der Waals surface area contributed by atoms with E-state index in [2.05, 4.69) is 15.0 Å². The van der Waals surface area contributed by atoms with Crippen molar-refractivity contribution in [3.63, 3.8) is 0 Å². The van der Waals surface area contributed by atoms with Crippen LogP contribution in [0.1, 0.15) is 5.56 Å². The number of halogens is 4. The molecule has 0 unspecified atom stereocenters. The lowest BCUT2D eigenvalue weighted by molar-refractivity contribution is -0.274. The average Bonchev–Trinajstić information content (AvgIpc) is 2.54. The first kappa shape index (κ1) is 21.9. The zero-order valence-electron chi connectivity index (χ0n) is 13.9. The van der Waals surface area contributed by atoms with Crippen LogP contribution in [-0.2, 0) is 0 Å². The van der Waals surface area contributed by atoms with E-state index in [0.717, 1.165) is 11.3 Å². The Bertz CT molecular complexity index is 722. The van der Waals surface area contributed by atoms with Crippen LogP contribution in [0.3, 0.4) is 0 Å². The van der Waals surface area contributed by atoms with Crippen LogP contribution in [0.2, 0.25) is 0 Å². The zero-order valence-corrected chi connectivity index (χ0v) is 16.2. The van der Waals surface area contributed by atoms with Crippen molar-refractivity contribution in [1.82, 2.24) is 0 Å². The van der Waals surface area contributed by atoms with Gasteiger partial charge in [0.05, 0.1) is 6.54 Å². The topological polar surface area (TPSA) is 68.9 Å². The second kappa shape index (κ2) is 10.1. The number of nitrogens with two attached hydrogens (primary N) is 1. The van der Waals surface area contributed by atoms with Crippen LogP contribution in [0.15, 0.2) is 53.5 Å². The summed E-state index contributed by atoms with van der Waals surface area (Å²) in [5.41, 5.74) is 7.25. The molecule has 0 atom stereocenters. The number of nitrogens with zero attached hydrogens (tertiary/aromatic N) is 1. The lowest BCUT2D eigenvalue weighted by atomic mass is 10.2. The van der Waals surface area contributed by atoms with Crippen LogP contribution in [0, 0.1) is 6.92 Å². The van der Waals surface area contributed by atoms with E-state index in [0.29, 0.717) is 18.8 Å². The molecule has 0 saturated heterocycles. The molecule has 2 aromatic carbocycles. The molecule has 0 saturated carbocycles. The van der Waals surface area contributed by atoms with Crippen LogP contribution in [0.5, 0.6) is 11.5 Å². The molecule has 0 bridgehead atoms. The summed E-state index contributed by atoms with van der Waals surface area (Å²) in [7, 11) is 0. The van der Waals surface area contributed by atoms with Gasteiger partial charge in [-0.05, 0) is 42.8 Å². The first-order valence-electron chi connectivity index (χ1n) is 7.45. The number of para-hydroxylation sites is 1. The maximum Gasteiger partial charge on any atom is 0.573 e. The monoisotopic (exact) mass is 481 g/mol. The molecule has 2 aromatic rings. The summed E-state index contributed by atoms with van der Waals surface area (Å²) in [6.07, 6.45) is -4.72. The van der Waals surface area contributed by atoms with Gasteiger partial charge in [-0.1, -0.05) is 18.2 Å². The van der Waals surface area contributed by atoms with Crippen LogP contribution < -0.4 is 20.5 Å². The standard InChI is InChI=1S/C17H18F3N3O2.HI/c1-12-4-2-3-5-15(12)24-11-10-22-16(21)23-13-6-8-14(9-7-13)25-17(18,19)20;/h2-9H,10-11H2,1H3,(H3,21,22,23);1H. The predicted octanol–water partition coefficient (Wildman–Crippen LogP) is 4.32. The molecular weight excluding hydrogens is 462 g/mol. The Morgan fingerprint density at radius 2 is 1.77 bits per heavy atom. The molecular formula is C17H19F3IN3O2. The Hall–Kier alpha value is -2.17. The Kier molecular flexibility index (Phi) is 8.49. The van der Waals surface area contributed by atoms with Crippen molar-refractivity contribution in [2.24, 2.45) is 10.7 Å². The largest absolute Gasteiger partial charge is 0.573 e. The highest BCUT2D eigenvalue weighted by molar-refractivity contribution is 14.0. The van der Waals surface area contributed by atoms with Crippen molar-refractivity contribution in [3.8, 4) is 11.5 Å². The Labute approximate surface area is 166 Å². The van der Waals surface area contributed by atoms with Crippen molar-refractivity contribution in [2.75, 3.05) is 18.5 Å². The summed E-state index contributed by atoms with van der Waals surface area (Å²) < 4.78 is 45.6. The first-order chi connectivity index (χ1) is 11.8. The van der Waals surface area contributed by atoms with Gasteiger partial charge >= 0.3 is 6.36 Å². The number of hydrogen-bond acceptors (Lipinski definition) is 3. The number of aliphatic imine (C=N–C) groups is 1. The average molecular weight is 481 g/mol. The number of ether oxygens (including phenoxy) is 2. The third kappa shape index (κ3) is 7.81. The van der Waals surface area contributed by atoms with Crippen LogP contribution in [-0.4, -0.2) is 25.5 Å². The normalized spacial score (nSPS) is 11.5. The summed E-state index contributed by atoms with van der Waals surface area (Å²) in [5, 5.41) is 2.78. The Balaban J connectivity index is 0.00000338. The summed E-state index contributed by atoms with van der Waals surface area (Å²) >= 11 is 0. The lowest BCUT2D eigenvalue weighted by Crippen LogP contribution is -2.23.